The first-order valence-corrected chi connectivity index (χ1v) is 10.7. The molecule has 1 unspecified atom stereocenters. The molecule has 2 nitrogen and oxygen atoms in total. The van der Waals surface area contributed by atoms with Crippen LogP contribution in [-0.2, 0) is 11.2 Å². The van der Waals surface area contributed by atoms with E-state index in [0.29, 0.717) is 16.7 Å². The van der Waals surface area contributed by atoms with E-state index in [4.69, 9.17) is 21.1 Å². The average molecular weight is 375 g/mol. The van der Waals surface area contributed by atoms with Gasteiger partial charge in [-0.15, -0.1) is 0 Å². The monoisotopic (exact) mass is 374 g/mol. The highest BCUT2D eigenvalue weighted by atomic mass is 35.5. The lowest BCUT2D eigenvalue weighted by atomic mass is 9.45. The van der Waals surface area contributed by atoms with Crippen LogP contribution in [0.3, 0.4) is 0 Å². The Bertz CT molecular complexity index is 759. The van der Waals surface area contributed by atoms with Crippen molar-refractivity contribution in [3.63, 3.8) is 0 Å². The summed E-state index contributed by atoms with van der Waals surface area (Å²) in [6, 6.07) is 6.02. The third-order valence-corrected chi connectivity index (χ3v) is 8.69. The molecule has 0 amide bonds. The van der Waals surface area contributed by atoms with Crippen molar-refractivity contribution in [1.29, 1.82) is 0 Å². The number of ether oxygens (including phenoxy) is 2. The molecule has 0 radical (unpaired) electrons. The molecule has 142 valence electrons. The first-order valence-electron chi connectivity index (χ1n) is 10.3. The second-order valence-corrected chi connectivity index (χ2v) is 11.0. The van der Waals surface area contributed by atoms with Crippen molar-refractivity contribution in [3.05, 3.63) is 28.8 Å². The third-order valence-electron chi connectivity index (χ3n) is 8.46. The fourth-order valence-corrected chi connectivity index (χ4v) is 7.58. The molecule has 1 saturated heterocycles. The summed E-state index contributed by atoms with van der Waals surface area (Å²) in [6.07, 6.45) is 8.35. The Kier molecular flexibility index (Phi) is 3.48. The van der Waals surface area contributed by atoms with Gasteiger partial charge in [-0.1, -0.05) is 44.9 Å². The maximum absolute atomic E-state index is 6.84. The fraction of sp³-hybridized carbons (Fsp3) is 0.739. The maximum Gasteiger partial charge on any atom is 0.215 e. The standard InChI is InChI=1S/C23H31ClO2/c1-20(2)9-5-10-21(3)18(20)8-11-22(4)19(21)14-23(26-22)13-15-6-7-16(24)12-17(15)25-23/h6-7,12,18-19H,5,8-11,13-14H2,1-4H3/t18-,19+,21-,22+,23?/m0/s1. The zero-order valence-corrected chi connectivity index (χ0v) is 17.3. The van der Waals surface area contributed by atoms with Gasteiger partial charge >= 0.3 is 0 Å². The van der Waals surface area contributed by atoms with Crippen LogP contribution in [0.4, 0.5) is 0 Å². The molecule has 5 rings (SSSR count). The normalized spacial score (nSPS) is 45.7. The third kappa shape index (κ3) is 2.27. The molecule has 2 aliphatic heterocycles. The Morgan fingerprint density at radius 2 is 1.85 bits per heavy atom. The van der Waals surface area contributed by atoms with Crippen LogP contribution in [0.5, 0.6) is 5.75 Å². The van der Waals surface area contributed by atoms with Crippen LogP contribution in [0.2, 0.25) is 5.02 Å². The zero-order chi connectivity index (χ0) is 18.4. The van der Waals surface area contributed by atoms with Crippen LogP contribution in [-0.4, -0.2) is 11.4 Å². The lowest BCUT2D eigenvalue weighted by Gasteiger charge is -2.60. The van der Waals surface area contributed by atoms with Crippen molar-refractivity contribution < 1.29 is 9.47 Å². The Balaban J connectivity index is 1.50. The van der Waals surface area contributed by atoms with E-state index in [1.54, 1.807) is 0 Å². The van der Waals surface area contributed by atoms with Gasteiger partial charge in [0, 0.05) is 23.4 Å². The maximum atomic E-state index is 6.84. The quantitative estimate of drug-likeness (QED) is 0.523. The van der Waals surface area contributed by atoms with Crippen molar-refractivity contribution in [2.75, 3.05) is 0 Å². The van der Waals surface area contributed by atoms with Crippen LogP contribution < -0.4 is 4.74 Å². The number of hydrogen-bond donors (Lipinski definition) is 0. The minimum absolute atomic E-state index is 0.0650. The molecule has 5 atom stereocenters. The van der Waals surface area contributed by atoms with Gasteiger partial charge in [0.2, 0.25) is 5.79 Å². The summed E-state index contributed by atoms with van der Waals surface area (Å²) in [4.78, 5) is 0. The molecule has 1 spiro atoms. The van der Waals surface area contributed by atoms with E-state index < -0.39 is 5.79 Å². The second kappa shape index (κ2) is 5.20. The number of halogens is 1. The van der Waals surface area contributed by atoms with Gasteiger partial charge in [0.05, 0.1) is 5.60 Å². The zero-order valence-electron chi connectivity index (χ0n) is 16.5. The van der Waals surface area contributed by atoms with Gasteiger partial charge in [0.1, 0.15) is 5.75 Å². The minimum Gasteiger partial charge on any atom is -0.462 e. The van der Waals surface area contributed by atoms with Crippen LogP contribution in [0.25, 0.3) is 0 Å². The van der Waals surface area contributed by atoms with Crippen molar-refractivity contribution in [1.82, 2.24) is 0 Å². The molecule has 1 aromatic carbocycles. The summed E-state index contributed by atoms with van der Waals surface area (Å²) in [5.74, 6) is 1.80. The lowest BCUT2D eigenvalue weighted by molar-refractivity contribution is -0.215. The van der Waals surface area contributed by atoms with E-state index in [1.165, 1.54) is 31.2 Å². The van der Waals surface area contributed by atoms with Gasteiger partial charge in [0.25, 0.3) is 0 Å². The van der Waals surface area contributed by atoms with Crippen molar-refractivity contribution in [3.8, 4) is 5.75 Å². The minimum atomic E-state index is -0.480. The van der Waals surface area contributed by atoms with Crippen LogP contribution in [0, 0.1) is 22.7 Å². The summed E-state index contributed by atoms with van der Waals surface area (Å²) in [6.45, 7) is 9.90. The van der Waals surface area contributed by atoms with E-state index in [9.17, 15) is 0 Å². The van der Waals surface area contributed by atoms with E-state index in [2.05, 4.69) is 33.8 Å². The van der Waals surface area contributed by atoms with Gasteiger partial charge in [-0.05, 0) is 67.4 Å². The predicted octanol–water partition coefficient (Wildman–Crippen LogP) is 6.39. The molecule has 1 aromatic rings. The van der Waals surface area contributed by atoms with Crippen LogP contribution >= 0.6 is 11.6 Å². The van der Waals surface area contributed by atoms with Gasteiger partial charge < -0.3 is 9.47 Å². The molecule has 2 saturated carbocycles. The highest BCUT2D eigenvalue weighted by Gasteiger charge is 2.66. The summed E-state index contributed by atoms with van der Waals surface area (Å²) in [7, 11) is 0. The molecule has 0 aromatic heterocycles. The van der Waals surface area contributed by atoms with E-state index in [-0.39, 0.29) is 5.60 Å². The number of benzene rings is 1. The van der Waals surface area contributed by atoms with E-state index in [1.807, 2.05) is 12.1 Å². The first-order chi connectivity index (χ1) is 12.2. The molecular formula is C23H31ClO2. The number of fused-ring (bicyclic) bond motifs is 4. The predicted molar refractivity (Wildman–Crippen MR) is 105 cm³/mol. The van der Waals surface area contributed by atoms with E-state index in [0.717, 1.165) is 36.0 Å². The molecule has 26 heavy (non-hydrogen) atoms. The molecule has 0 bridgehead atoms. The van der Waals surface area contributed by atoms with Gasteiger partial charge in [0.15, 0.2) is 0 Å². The Hall–Kier alpha value is -0.730. The van der Waals surface area contributed by atoms with Crippen LogP contribution in [0.1, 0.15) is 71.8 Å². The van der Waals surface area contributed by atoms with E-state index >= 15 is 0 Å². The molecular weight excluding hydrogens is 344 g/mol. The van der Waals surface area contributed by atoms with Crippen molar-refractivity contribution >= 4 is 11.6 Å². The van der Waals surface area contributed by atoms with Gasteiger partial charge in [-0.25, -0.2) is 0 Å². The summed E-state index contributed by atoms with van der Waals surface area (Å²) in [5, 5.41) is 0.739. The molecule has 2 heterocycles. The number of hydrogen-bond acceptors (Lipinski definition) is 2. The number of rotatable bonds is 0. The van der Waals surface area contributed by atoms with Crippen molar-refractivity contribution in [2.24, 2.45) is 22.7 Å². The van der Waals surface area contributed by atoms with Crippen molar-refractivity contribution in [2.45, 2.75) is 84.0 Å². The fourth-order valence-electron chi connectivity index (χ4n) is 7.42. The van der Waals surface area contributed by atoms with Gasteiger partial charge in [-0.2, -0.15) is 0 Å². The topological polar surface area (TPSA) is 18.5 Å². The molecule has 4 aliphatic rings. The molecule has 3 fully saturated rings. The summed E-state index contributed by atoms with van der Waals surface area (Å²) < 4.78 is 13.3. The Morgan fingerprint density at radius 1 is 1.04 bits per heavy atom. The largest absolute Gasteiger partial charge is 0.462 e. The highest BCUT2D eigenvalue weighted by molar-refractivity contribution is 6.30. The summed E-state index contributed by atoms with van der Waals surface area (Å²) >= 11 is 6.19. The molecule has 0 N–H and O–H groups in total. The SMILES string of the molecule is CC1(C)CCC[C@]2(C)[C@H]3CC4(Cc5ccc(Cl)cc5O4)O[C@]3(C)CC[C@@H]12. The van der Waals surface area contributed by atoms with Gasteiger partial charge in [-0.3, -0.25) is 0 Å². The molecule has 3 heteroatoms. The second-order valence-electron chi connectivity index (χ2n) is 10.6. The highest BCUT2D eigenvalue weighted by Crippen LogP contribution is 2.67. The Labute approximate surface area is 162 Å². The molecule has 2 aliphatic carbocycles. The van der Waals surface area contributed by atoms with Crippen LogP contribution in [0.15, 0.2) is 18.2 Å². The Morgan fingerprint density at radius 3 is 2.65 bits per heavy atom. The first kappa shape index (κ1) is 17.4. The average Bonchev–Trinajstić information content (AvgIpc) is 3.02. The lowest BCUT2D eigenvalue weighted by Crippen LogP contribution is -2.55. The summed E-state index contributed by atoms with van der Waals surface area (Å²) in [5.41, 5.74) is 1.97. The smallest absolute Gasteiger partial charge is 0.215 e.